The van der Waals surface area contributed by atoms with Gasteiger partial charge in [-0.1, -0.05) is 73.7 Å². The number of nitrogens with zero attached hydrogens (tertiary/aromatic N) is 1. The lowest BCUT2D eigenvalue weighted by atomic mass is 9.95. The normalized spacial score (nSPS) is 14.9. The van der Waals surface area contributed by atoms with Crippen molar-refractivity contribution in [2.45, 2.75) is 83.8 Å². The molecule has 5 nitrogen and oxygen atoms in total. The summed E-state index contributed by atoms with van der Waals surface area (Å²) in [6.45, 7) is 4.75. The minimum atomic E-state index is -0.524. The third kappa shape index (κ3) is 7.76. The summed E-state index contributed by atoms with van der Waals surface area (Å²) in [5, 5.41) is 3.81. The average Bonchev–Trinajstić information content (AvgIpc) is 2.84. The molecule has 1 saturated carbocycles. The molecule has 1 N–H and O–H groups in total. The largest absolute Gasteiger partial charge is 0.494 e. The summed E-state index contributed by atoms with van der Waals surface area (Å²) in [6.07, 6.45) is 6.97. The highest BCUT2D eigenvalue weighted by Crippen LogP contribution is 2.22. The van der Waals surface area contributed by atoms with Crippen molar-refractivity contribution in [2.24, 2.45) is 0 Å². The van der Waals surface area contributed by atoms with Crippen LogP contribution in [-0.4, -0.2) is 35.4 Å². The fraction of sp³-hybridized carbons (Fsp3) is 0.500. The van der Waals surface area contributed by atoms with Crippen molar-refractivity contribution >= 4 is 23.4 Å². The Labute approximate surface area is 208 Å². The van der Waals surface area contributed by atoms with Crippen LogP contribution in [0.1, 0.15) is 69.4 Å². The molecule has 184 valence electrons. The number of hydrogen-bond donors (Lipinski definition) is 1. The van der Waals surface area contributed by atoms with E-state index in [1.54, 1.807) is 4.90 Å². The van der Waals surface area contributed by atoms with Gasteiger partial charge in [-0.3, -0.25) is 9.59 Å². The first-order valence-electron chi connectivity index (χ1n) is 12.5. The molecule has 1 fully saturated rings. The topological polar surface area (TPSA) is 58.6 Å². The molecule has 0 aliphatic heterocycles. The Kier molecular flexibility index (Phi) is 10.3. The summed E-state index contributed by atoms with van der Waals surface area (Å²) in [6, 6.07) is 15.1. The number of hydrogen-bond acceptors (Lipinski definition) is 3. The molecule has 1 atom stereocenters. The van der Waals surface area contributed by atoms with Crippen LogP contribution in [0.2, 0.25) is 5.02 Å². The first-order valence-corrected chi connectivity index (χ1v) is 12.9. The lowest BCUT2D eigenvalue weighted by Gasteiger charge is -2.33. The van der Waals surface area contributed by atoms with Crippen LogP contribution in [0.25, 0.3) is 0 Å². The zero-order valence-corrected chi connectivity index (χ0v) is 21.2. The van der Waals surface area contributed by atoms with Gasteiger partial charge in [0.05, 0.1) is 6.61 Å². The van der Waals surface area contributed by atoms with Gasteiger partial charge in [-0.15, -0.1) is 0 Å². The highest BCUT2D eigenvalue weighted by molar-refractivity contribution is 6.31. The van der Waals surface area contributed by atoms with Gasteiger partial charge in [-0.2, -0.15) is 0 Å². The van der Waals surface area contributed by atoms with Crippen molar-refractivity contribution in [3.05, 3.63) is 64.7 Å². The Morgan fingerprint density at radius 3 is 2.47 bits per heavy atom. The van der Waals surface area contributed by atoms with Gasteiger partial charge in [0.2, 0.25) is 11.8 Å². The van der Waals surface area contributed by atoms with E-state index in [0.717, 1.165) is 37.0 Å². The van der Waals surface area contributed by atoms with Gasteiger partial charge in [0.15, 0.2) is 0 Å². The Balaban J connectivity index is 1.65. The average molecular weight is 485 g/mol. The second kappa shape index (κ2) is 13.4. The van der Waals surface area contributed by atoms with Crippen LogP contribution >= 0.6 is 11.6 Å². The number of amides is 2. The van der Waals surface area contributed by atoms with Crippen LogP contribution in [0.3, 0.4) is 0 Å². The summed E-state index contributed by atoms with van der Waals surface area (Å²) in [5.41, 5.74) is 2.02. The fourth-order valence-electron chi connectivity index (χ4n) is 4.47. The molecule has 0 heterocycles. The lowest BCUT2D eigenvalue weighted by molar-refractivity contribution is -0.142. The van der Waals surface area contributed by atoms with Gasteiger partial charge >= 0.3 is 0 Å². The molecule has 1 aliphatic carbocycles. The summed E-state index contributed by atoms with van der Waals surface area (Å²) in [5.74, 6) is 0.674. The first kappa shape index (κ1) is 26.1. The summed E-state index contributed by atoms with van der Waals surface area (Å²) >= 11 is 6.40. The van der Waals surface area contributed by atoms with Gasteiger partial charge in [0.1, 0.15) is 11.8 Å². The van der Waals surface area contributed by atoms with Crippen molar-refractivity contribution in [2.75, 3.05) is 6.61 Å². The molecular formula is C28H37ClN2O3. The molecule has 0 aromatic heterocycles. The molecule has 2 aromatic carbocycles. The molecule has 2 amide bonds. The van der Waals surface area contributed by atoms with E-state index in [9.17, 15) is 9.59 Å². The maximum atomic E-state index is 13.4. The fourth-order valence-corrected chi connectivity index (χ4v) is 4.66. The highest BCUT2D eigenvalue weighted by Gasteiger charge is 2.30. The van der Waals surface area contributed by atoms with E-state index >= 15 is 0 Å². The van der Waals surface area contributed by atoms with E-state index in [4.69, 9.17) is 16.3 Å². The van der Waals surface area contributed by atoms with Gasteiger partial charge in [-0.05, 0) is 56.4 Å². The number of halogens is 1. The predicted octanol–water partition coefficient (Wildman–Crippen LogP) is 6.06. The molecule has 0 spiro atoms. The Morgan fingerprint density at radius 2 is 1.79 bits per heavy atom. The summed E-state index contributed by atoms with van der Waals surface area (Å²) in [4.78, 5) is 28.3. The molecule has 3 rings (SSSR count). The lowest BCUT2D eigenvalue weighted by Crippen LogP contribution is -2.51. The summed E-state index contributed by atoms with van der Waals surface area (Å²) < 4.78 is 5.79. The number of carbonyl (C=O) groups is 2. The molecule has 0 saturated heterocycles. The van der Waals surface area contributed by atoms with E-state index in [2.05, 4.69) is 5.32 Å². The van der Waals surface area contributed by atoms with Gasteiger partial charge in [-0.25, -0.2) is 0 Å². The van der Waals surface area contributed by atoms with Crippen molar-refractivity contribution in [3.8, 4) is 5.75 Å². The first-order chi connectivity index (χ1) is 16.5. The monoisotopic (exact) mass is 484 g/mol. The Hall–Kier alpha value is -2.53. The van der Waals surface area contributed by atoms with Crippen LogP contribution in [0.5, 0.6) is 5.75 Å². The van der Waals surface area contributed by atoms with E-state index in [1.165, 1.54) is 12.0 Å². The number of benzene rings is 2. The zero-order valence-electron chi connectivity index (χ0n) is 20.4. The molecule has 6 heteroatoms. The second-order valence-corrected chi connectivity index (χ2v) is 9.55. The van der Waals surface area contributed by atoms with E-state index in [-0.39, 0.29) is 17.9 Å². The van der Waals surface area contributed by atoms with Crippen molar-refractivity contribution in [1.82, 2.24) is 10.2 Å². The maximum absolute atomic E-state index is 13.4. The number of ether oxygens (including phenoxy) is 1. The van der Waals surface area contributed by atoms with Crippen LogP contribution in [0.4, 0.5) is 0 Å². The van der Waals surface area contributed by atoms with Crippen molar-refractivity contribution < 1.29 is 14.3 Å². The Morgan fingerprint density at radius 1 is 1.09 bits per heavy atom. The highest BCUT2D eigenvalue weighted by atomic mass is 35.5. The predicted molar refractivity (Wildman–Crippen MR) is 137 cm³/mol. The SMILES string of the molecule is CCC(C(=O)NC1CCCCC1)N(Cc1ccccc1Cl)C(=O)CCCOc1ccc(C)cc1. The van der Waals surface area contributed by atoms with Crippen LogP contribution in [-0.2, 0) is 16.1 Å². The number of rotatable bonds is 11. The number of aryl methyl sites for hydroxylation is 1. The molecule has 1 unspecified atom stereocenters. The number of nitrogens with one attached hydrogen (secondary N) is 1. The smallest absolute Gasteiger partial charge is 0.243 e. The molecule has 1 aliphatic rings. The molecule has 0 bridgehead atoms. The molecule has 2 aromatic rings. The summed E-state index contributed by atoms with van der Waals surface area (Å²) in [7, 11) is 0. The van der Waals surface area contributed by atoms with Crippen molar-refractivity contribution in [3.63, 3.8) is 0 Å². The van der Waals surface area contributed by atoms with Gasteiger partial charge in [0, 0.05) is 24.0 Å². The Bertz CT molecular complexity index is 926. The van der Waals surface area contributed by atoms with Crippen LogP contribution < -0.4 is 10.1 Å². The van der Waals surface area contributed by atoms with E-state index < -0.39 is 6.04 Å². The standard InChI is InChI=1S/C28H37ClN2O3/c1-3-26(28(33)30-23-11-5-4-6-12-23)31(20-22-10-7-8-13-25(22)29)27(32)14-9-19-34-24-17-15-21(2)16-18-24/h7-8,10,13,15-18,23,26H,3-6,9,11-12,14,19-20H2,1-2H3,(H,30,33). The third-order valence-electron chi connectivity index (χ3n) is 6.46. The van der Waals surface area contributed by atoms with E-state index in [1.807, 2.05) is 62.4 Å². The number of carbonyl (C=O) groups excluding carboxylic acids is 2. The van der Waals surface area contributed by atoms with E-state index in [0.29, 0.717) is 37.4 Å². The van der Waals surface area contributed by atoms with Crippen molar-refractivity contribution in [1.29, 1.82) is 0 Å². The minimum Gasteiger partial charge on any atom is -0.494 e. The van der Waals surface area contributed by atoms with Gasteiger partial charge < -0.3 is 15.0 Å². The molecule has 34 heavy (non-hydrogen) atoms. The van der Waals surface area contributed by atoms with Gasteiger partial charge in [0.25, 0.3) is 0 Å². The minimum absolute atomic E-state index is 0.0573. The molecular weight excluding hydrogens is 448 g/mol. The zero-order chi connectivity index (χ0) is 24.3. The molecule has 0 radical (unpaired) electrons. The quantitative estimate of drug-likeness (QED) is 0.394. The second-order valence-electron chi connectivity index (χ2n) is 9.15. The van der Waals surface area contributed by atoms with Crippen LogP contribution in [0, 0.1) is 6.92 Å². The third-order valence-corrected chi connectivity index (χ3v) is 6.83. The maximum Gasteiger partial charge on any atom is 0.243 e. The van der Waals surface area contributed by atoms with Crippen LogP contribution in [0.15, 0.2) is 48.5 Å².